The molecule has 3 aromatic rings. The Morgan fingerprint density at radius 2 is 1.49 bits per heavy atom. The predicted molar refractivity (Wildman–Crippen MR) is 176 cm³/mol. The van der Waals surface area contributed by atoms with Crippen LogP contribution in [0.5, 0.6) is 0 Å². The highest BCUT2D eigenvalue weighted by molar-refractivity contribution is 7.80. The Morgan fingerprint density at radius 1 is 0.884 bits per heavy atom. The number of benzene rings is 2. The Labute approximate surface area is 259 Å². The van der Waals surface area contributed by atoms with Crippen LogP contribution in [0.2, 0.25) is 0 Å². The molecule has 228 valence electrons. The number of piperidine rings is 1. The van der Waals surface area contributed by atoms with Gasteiger partial charge in [0.15, 0.2) is 5.11 Å². The van der Waals surface area contributed by atoms with E-state index in [2.05, 4.69) is 68.7 Å². The minimum atomic E-state index is -0.228. The largest absolute Gasteiger partial charge is 0.381 e. The first-order chi connectivity index (χ1) is 21.0. The molecule has 0 saturated carbocycles. The van der Waals surface area contributed by atoms with Crippen molar-refractivity contribution in [3.63, 3.8) is 0 Å². The summed E-state index contributed by atoms with van der Waals surface area (Å²) in [5.74, 6) is 2.89. The van der Waals surface area contributed by atoms with E-state index in [0.717, 1.165) is 88.1 Å². The topological polar surface area (TPSA) is 68.8 Å². The molecule has 43 heavy (non-hydrogen) atoms. The van der Waals surface area contributed by atoms with Crippen LogP contribution in [0.1, 0.15) is 38.2 Å². The average molecular weight is 604 g/mol. The van der Waals surface area contributed by atoms with Crippen LogP contribution in [0.4, 0.5) is 27.7 Å². The van der Waals surface area contributed by atoms with E-state index < -0.39 is 0 Å². The third-order valence-electron chi connectivity index (χ3n) is 9.25. The zero-order chi connectivity index (χ0) is 29.6. The summed E-state index contributed by atoms with van der Waals surface area (Å²) < 4.78 is 19.4. The zero-order valence-electron chi connectivity index (χ0n) is 25.0. The first-order valence-electron chi connectivity index (χ1n) is 15.6. The highest BCUT2D eigenvalue weighted by Crippen LogP contribution is 2.34. The van der Waals surface area contributed by atoms with Crippen LogP contribution in [0.15, 0.2) is 60.7 Å². The standard InChI is InChI=1S/C33H42FN7OS/c1-25-11-15-40(16-12-25)29-23-30(41-19-17-39(18-20-41)28-5-3-2-4-6-28)37-31(36-29)38-32(43)35-24-33(13-21-42-22-14-33)26-7-9-27(34)10-8-26/h2-10,23,25H,11-22,24H2,1H3,(H2,35,36,37,38,43). The van der Waals surface area contributed by atoms with Gasteiger partial charge in [-0.05, 0) is 73.6 Å². The summed E-state index contributed by atoms with van der Waals surface area (Å²) in [6.45, 7) is 9.88. The van der Waals surface area contributed by atoms with Gasteiger partial charge >= 0.3 is 0 Å². The van der Waals surface area contributed by atoms with Crippen LogP contribution in [-0.2, 0) is 10.2 Å². The number of halogens is 1. The summed E-state index contributed by atoms with van der Waals surface area (Å²) in [4.78, 5) is 17.0. The van der Waals surface area contributed by atoms with E-state index >= 15 is 0 Å². The highest BCUT2D eigenvalue weighted by atomic mass is 32.1. The first-order valence-corrected chi connectivity index (χ1v) is 16.0. The normalized spacial score (nSPS) is 19.3. The minimum absolute atomic E-state index is 0.186. The Kier molecular flexibility index (Phi) is 9.23. The van der Waals surface area contributed by atoms with Crippen LogP contribution < -0.4 is 25.3 Å². The molecule has 6 rings (SSSR count). The molecule has 0 amide bonds. The molecule has 1 aromatic heterocycles. The fraction of sp³-hybridized carbons (Fsp3) is 0.485. The number of para-hydroxylation sites is 1. The van der Waals surface area contributed by atoms with Crippen molar-refractivity contribution in [3.05, 3.63) is 72.0 Å². The summed E-state index contributed by atoms with van der Waals surface area (Å²) in [7, 11) is 0. The molecular formula is C33H42FN7OS. The summed E-state index contributed by atoms with van der Waals surface area (Å²) in [6.07, 6.45) is 4.00. The van der Waals surface area contributed by atoms with Gasteiger partial charge in [-0.15, -0.1) is 0 Å². The van der Waals surface area contributed by atoms with Crippen molar-refractivity contribution in [1.82, 2.24) is 15.3 Å². The number of hydrogen-bond donors (Lipinski definition) is 2. The molecule has 4 heterocycles. The van der Waals surface area contributed by atoms with Crippen molar-refractivity contribution in [2.75, 3.05) is 79.0 Å². The van der Waals surface area contributed by atoms with E-state index in [0.29, 0.717) is 30.8 Å². The second-order valence-electron chi connectivity index (χ2n) is 12.1. The van der Waals surface area contributed by atoms with Gasteiger partial charge in [-0.25, -0.2) is 4.39 Å². The third kappa shape index (κ3) is 7.18. The summed E-state index contributed by atoms with van der Waals surface area (Å²) in [5.41, 5.74) is 2.17. The second kappa shape index (κ2) is 13.4. The first kappa shape index (κ1) is 29.6. The number of anilines is 4. The molecule has 0 atom stereocenters. The van der Waals surface area contributed by atoms with Crippen molar-refractivity contribution < 1.29 is 9.13 Å². The lowest BCUT2D eigenvalue weighted by atomic mass is 9.74. The summed E-state index contributed by atoms with van der Waals surface area (Å²) in [6, 6.07) is 19.6. The fourth-order valence-electron chi connectivity index (χ4n) is 6.40. The van der Waals surface area contributed by atoms with Gasteiger partial charge in [0, 0.05) is 76.2 Å². The van der Waals surface area contributed by atoms with E-state index in [9.17, 15) is 4.39 Å². The lowest BCUT2D eigenvalue weighted by molar-refractivity contribution is 0.0515. The van der Waals surface area contributed by atoms with Crippen molar-refractivity contribution in [2.45, 2.75) is 38.0 Å². The van der Waals surface area contributed by atoms with Crippen LogP contribution >= 0.6 is 12.2 Å². The molecule has 3 aliphatic rings. The number of piperazine rings is 1. The van der Waals surface area contributed by atoms with Crippen molar-refractivity contribution in [2.24, 2.45) is 5.92 Å². The van der Waals surface area contributed by atoms with Gasteiger partial charge in [-0.2, -0.15) is 9.97 Å². The van der Waals surface area contributed by atoms with Crippen molar-refractivity contribution in [3.8, 4) is 0 Å². The van der Waals surface area contributed by atoms with Gasteiger partial charge in [0.25, 0.3) is 0 Å². The lowest BCUT2D eigenvalue weighted by Gasteiger charge is -2.38. The Bertz CT molecular complexity index is 1350. The molecule has 3 aliphatic heterocycles. The smallest absolute Gasteiger partial charge is 0.232 e. The molecule has 3 saturated heterocycles. The van der Waals surface area contributed by atoms with E-state index in [1.165, 1.54) is 17.8 Å². The lowest BCUT2D eigenvalue weighted by Crippen LogP contribution is -2.47. The van der Waals surface area contributed by atoms with Crippen LogP contribution in [0.3, 0.4) is 0 Å². The van der Waals surface area contributed by atoms with Gasteiger partial charge in [-0.1, -0.05) is 37.3 Å². The molecule has 0 radical (unpaired) electrons. The molecule has 2 N–H and O–H groups in total. The van der Waals surface area contributed by atoms with E-state index in [-0.39, 0.29) is 11.2 Å². The predicted octanol–water partition coefficient (Wildman–Crippen LogP) is 5.21. The number of thiocarbonyl (C=S) groups is 1. The Hall–Kier alpha value is -3.50. The molecule has 0 bridgehead atoms. The molecule has 2 aromatic carbocycles. The SMILES string of the molecule is CC1CCN(c2cc(N3CCN(c4ccccc4)CC3)nc(NC(=S)NCC3(c4ccc(F)cc4)CCOCC3)n2)CC1. The number of aromatic nitrogens is 2. The van der Waals surface area contributed by atoms with Gasteiger partial charge in [0.05, 0.1) is 0 Å². The summed E-state index contributed by atoms with van der Waals surface area (Å²) >= 11 is 5.78. The van der Waals surface area contributed by atoms with Crippen LogP contribution in [0, 0.1) is 11.7 Å². The minimum Gasteiger partial charge on any atom is -0.381 e. The zero-order valence-corrected chi connectivity index (χ0v) is 25.8. The molecule has 0 spiro atoms. The maximum Gasteiger partial charge on any atom is 0.232 e. The van der Waals surface area contributed by atoms with Gasteiger partial charge in [-0.3, -0.25) is 0 Å². The van der Waals surface area contributed by atoms with Crippen LogP contribution in [0.25, 0.3) is 0 Å². The Balaban J connectivity index is 1.17. The maximum atomic E-state index is 13.7. The number of nitrogens with one attached hydrogen (secondary N) is 2. The van der Waals surface area contributed by atoms with Crippen molar-refractivity contribution >= 4 is 40.6 Å². The molecule has 0 unspecified atom stereocenters. The number of hydrogen-bond acceptors (Lipinski definition) is 7. The fourth-order valence-corrected chi connectivity index (χ4v) is 6.56. The second-order valence-corrected chi connectivity index (χ2v) is 12.5. The number of ether oxygens (including phenoxy) is 1. The van der Waals surface area contributed by atoms with Gasteiger partial charge < -0.3 is 30.1 Å². The quantitative estimate of drug-likeness (QED) is 0.354. The van der Waals surface area contributed by atoms with Gasteiger partial charge in [0.1, 0.15) is 17.5 Å². The molecular weight excluding hydrogens is 561 g/mol. The highest BCUT2D eigenvalue weighted by Gasteiger charge is 2.34. The van der Waals surface area contributed by atoms with Crippen molar-refractivity contribution in [1.29, 1.82) is 0 Å². The monoisotopic (exact) mass is 603 g/mol. The average Bonchev–Trinajstić information content (AvgIpc) is 3.05. The molecule has 10 heteroatoms. The molecule has 3 fully saturated rings. The van der Waals surface area contributed by atoms with E-state index in [1.807, 2.05) is 12.1 Å². The van der Waals surface area contributed by atoms with E-state index in [4.69, 9.17) is 26.9 Å². The third-order valence-corrected chi connectivity index (χ3v) is 9.50. The summed E-state index contributed by atoms with van der Waals surface area (Å²) in [5, 5.41) is 7.23. The van der Waals surface area contributed by atoms with E-state index in [1.54, 1.807) is 0 Å². The Morgan fingerprint density at radius 3 is 2.14 bits per heavy atom. The maximum absolute atomic E-state index is 13.7. The molecule has 0 aliphatic carbocycles. The van der Waals surface area contributed by atoms with Crippen LogP contribution in [-0.4, -0.2) is 74.1 Å². The van der Waals surface area contributed by atoms with Gasteiger partial charge in [0.2, 0.25) is 5.95 Å². The molecule has 8 nitrogen and oxygen atoms in total. The number of rotatable bonds is 7. The number of nitrogens with zero attached hydrogens (tertiary/aromatic N) is 5.